The first-order valence-electron chi connectivity index (χ1n) is 9.04. The van der Waals surface area contributed by atoms with Gasteiger partial charge in [0.2, 0.25) is 0 Å². The summed E-state index contributed by atoms with van der Waals surface area (Å²) >= 11 is 0. The summed E-state index contributed by atoms with van der Waals surface area (Å²) in [6.07, 6.45) is 5.03. The summed E-state index contributed by atoms with van der Waals surface area (Å²) < 4.78 is 18.9. The van der Waals surface area contributed by atoms with E-state index in [2.05, 4.69) is 9.88 Å². The molecule has 0 saturated carbocycles. The van der Waals surface area contributed by atoms with Crippen molar-refractivity contribution in [1.82, 2.24) is 9.88 Å². The van der Waals surface area contributed by atoms with E-state index >= 15 is 0 Å². The van der Waals surface area contributed by atoms with Crippen LogP contribution in [0.1, 0.15) is 16.7 Å². The van der Waals surface area contributed by atoms with Gasteiger partial charge in [0.25, 0.3) is 0 Å². The molecule has 0 fully saturated rings. The lowest BCUT2D eigenvalue weighted by Gasteiger charge is -2.22. The van der Waals surface area contributed by atoms with Crippen LogP contribution < -0.4 is 5.43 Å². The zero-order valence-electron chi connectivity index (χ0n) is 15.2. The number of hydrogen-bond donors (Lipinski definition) is 0. The molecule has 0 aliphatic carbocycles. The molecule has 5 heteroatoms. The second-order valence-electron chi connectivity index (χ2n) is 6.71. The predicted molar refractivity (Wildman–Crippen MR) is 106 cm³/mol. The fourth-order valence-corrected chi connectivity index (χ4v) is 3.23. The molecule has 0 unspecified atom stereocenters. The molecule has 0 aliphatic rings. The van der Waals surface area contributed by atoms with Crippen molar-refractivity contribution < 1.29 is 8.81 Å². The molecule has 0 bridgehead atoms. The minimum atomic E-state index is -0.264. The normalized spacial score (nSPS) is 11.2. The largest absolute Gasteiger partial charge is 0.464 e. The number of fused-ring (bicyclic) bond motifs is 1. The third-order valence-corrected chi connectivity index (χ3v) is 4.62. The molecule has 0 saturated heterocycles. The number of halogens is 1. The van der Waals surface area contributed by atoms with Crippen LogP contribution in [0.5, 0.6) is 0 Å². The lowest BCUT2D eigenvalue weighted by molar-refractivity contribution is 0.245. The average molecular weight is 374 g/mol. The van der Waals surface area contributed by atoms with Gasteiger partial charge in [0.1, 0.15) is 11.4 Å². The van der Waals surface area contributed by atoms with Gasteiger partial charge in [0.05, 0.1) is 11.6 Å². The Labute approximate surface area is 161 Å². The van der Waals surface area contributed by atoms with Crippen molar-refractivity contribution in [2.75, 3.05) is 0 Å². The van der Waals surface area contributed by atoms with Crippen molar-refractivity contribution in [3.8, 4) is 0 Å². The Hall–Kier alpha value is -3.31. The van der Waals surface area contributed by atoms with Crippen molar-refractivity contribution in [1.29, 1.82) is 0 Å². The fraction of sp³-hybridized carbons (Fsp3) is 0.130. The lowest BCUT2D eigenvalue weighted by atomic mass is 10.1. The van der Waals surface area contributed by atoms with Crippen LogP contribution >= 0.6 is 0 Å². The maximum Gasteiger partial charge on any atom is 0.197 e. The zero-order valence-corrected chi connectivity index (χ0v) is 15.2. The third kappa shape index (κ3) is 4.15. The highest BCUT2D eigenvalue weighted by Gasteiger charge is 2.13. The predicted octanol–water partition coefficient (Wildman–Crippen LogP) is 4.53. The Balaban J connectivity index is 1.64. The summed E-state index contributed by atoms with van der Waals surface area (Å²) in [7, 11) is 0. The standard InChI is InChI=1S/C23H19FN2O2/c24-20-7-5-17(6-8-20)13-26(14-18-9-11-25-12-10-18)15-19-16-28-22-4-2-1-3-21(22)23(19)27/h1-12,16H,13-15H2. The van der Waals surface area contributed by atoms with Crippen molar-refractivity contribution in [3.63, 3.8) is 0 Å². The molecule has 2 aromatic carbocycles. The Morgan fingerprint density at radius 2 is 1.54 bits per heavy atom. The van der Waals surface area contributed by atoms with Gasteiger partial charge in [-0.25, -0.2) is 4.39 Å². The SMILES string of the molecule is O=c1c(CN(Cc2ccncc2)Cc2ccc(F)cc2)coc2ccccc12. The number of benzene rings is 2. The number of rotatable bonds is 6. The van der Waals surface area contributed by atoms with E-state index < -0.39 is 0 Å². The maximum absolute atomic E-state index is 13.2. The molecule has 0 atom stereocenters. The minimum Gasteiger partial charge on any atom is -0.464 e. The fourth-order valence-electron chi connectivity index (χ4n) is 3.23. The van der Waals surface area contributed by atoms with Gasteiger partial charge in [-0.1, -0.05) is 24.3 Å². The average Bonchev–Trinajstić information content (AvgIpc) is 2.73. The highest BCUT2D eigenvalue weighted by Crippen LogP contribution is 2.16. The second kappa shape index (κ2) is 8.15. The van der Waals surface area contributed by atoms with Crippen molar-refractivity contribution in [3.05, 3.63) is 112 Å². The highest BCUT2D eigenvalue weighted by atomic mass is 19.1. The van der Waals surface area contributed by atoms with E-state index in [0.29, 0.717) is 36.2 Å². The number of para-hydroxylation sites is 1. The molecule has 2 heterocycles. The topological polar surface area (TPSA) is 46.3 Å². The van der Waals surface area contributed by atoms with Gasteiger partial charge in [0, 0.05) is 37.6 Å². The van der Waals surface area contributed by atoms with Crippen LogP contribution in [-0.4, -0.2) is 9.88 Å². The van der Waals surface area contributed by atoms with Gasteiger partial charge in [-0.3, -0.25) is 14.7 Å². The monoisotopic (exact) mass is 374 g/mol. The highest BCUT2D eigenvalue weighted by molar-refractivity contribution is 5.76. The zero-order chi connectivity index (χ0) is 19.3. The van der Waals surface area contributed by atoms with Crippen LogP contribution in [0, 0.1) is 5.82 Å². The van der Waals surface area contributed by atoms with E-state index in [0.717, 1.165) is 11.1 Å². The molecule has 0 spiro atoms. The van der Waals surface area contributed by atoms with Crippen LogP contribution in [0.4, 0.5) is 4.39 Å². The molecular formula is C23H19FN2O2. The van der Waals surface area contributed by atoms with E-state index in [1.165, 1.54) is 18.4 Å². The van der Waals surface area contributed by atoms with Crippen molar-refractivity contribution in [2.24, 2.45) is 0 Å². The van der Waals surface area contributed by atoms with E-state index in [4.69, 9.17) is 4.42 Å². The van der Waals surface area contributed by atoms with Crippen LogP contribution in [0.25, 0.3) is 11.0 Å². The number of pyridine rings is 1. The van der Waals surface area contributed by atoms with E-state index in [-0.39, 0.29) is 11.2 Å². The van der Waals surface area contributed by atoms with Crippen LogP contribution in [0.2, 0.25) is 0 Å². The van der Waals surface area contributed by atoms with Gasteiger partial charge in [-0.2, -0.15) is 0 Å². The van der Waals surface area contributed by atoms with Gasteiger partial charge >= 0.3 is 0 Å². The minimum absolute atomic E-state index is 0.0271. The summed E-state index contributed by atoms with van der Waals surface area (Å²) in [5.41, 5.74) is 3.20. The van der Waals surface area contributed by atoms with E-state index in [9.17, 15) is 9.18 Å². The Kier molecular flexibility index (Phi) is 5.26. The second-order valence-corrected chi connectivity index (χ2v) is 6.71. The molecule has 2 aromatic heterocycles. The van der Waals surface area contributed by atoms with Gasteiger partial charge in [-0.05, 0) is 47.5 Å². The molecule has 0 aliphatic heterocycles. The Morgan fingerprint density at radius 1 is 0.857 bits per heavy atom. The lowest BCUT2D eigenvalue weighted by Crippen LogP contribution is -2.25. The van der Waals surface area contributed by atoms with Crippen molar-refractivity contribution in [2.45, 2.75) is 19.6 Å². The molecular weight excluding hydrogens is 355 g/mol. The van der Waals surface area contributed by atoms with E-state index in [1.807, 2.05) is 24.3 Å². The summed E-state index contributed by atoms with van der Waals surface area (Å²) in [5.74, 6) is -0.264. The van der Waals surface area contributed by atoms with Gasteiger partial charge in [0.15, 0.2) is 5.43 Å². The summed E-state index contributed by atoms with van der Waals surface area (Å²) in [4.78, 5) is 19.0. The molecule has 4 aromatic rings. The molecule has 0 N–H and O–H groups in total. The third-order valence-electron chi connectivity index (χ3n) is 4.62. The molecule has 0 radical (unpaired) electrons. The first kappa shape index (κ1) is 18.1. The van der Waals surface area contributed by atoms with Gasteiger partial charge < -0.3 is 4.42 Å². The summed E-state index contributed by atoms with van der Waals surface area (Å²) in [6, 6.07) is 17.5. The quantitative estimate of drug-likeness (QED) is 0.497. The van der Waals surface area contributed by atoms with Crippen LogP contribution in [0.15, 0.2) is 88.5 Å². The van der Waals surface area contributed by atoms with Crippen LogP contribution in [0.3, 0.4) is 0 Å². The molecule has 28 heavy (non-hydrogen) atoms. The number of aromatic nitrogens is 1. The molecule has 4 rings (SSSR count). The van der Waals surface area contributed by atoms with Crippen molar-refractivity contribution >= 4 is 11.0 Å². The molecule has 140 valence electrons. The number of hydrogen-bond acceptors (Lipinski definition) is 4. The van der Waals surface area contributed by atoms with Crippen LogP contribution in [-0.2, 0) is 19.6 Å². The summed E-state index contributed by atoms with van der Waals surface area (Å²) in [5, 5.41) is 0.575. The van der Waals surface area contributed by atoms with Gasteiger partial charge in [-0.15, -0.1) is 0 Å². The molecule has 0 amide bonds. The first-order chi connectivity index (χ1) is 13.7. The first-order valence-corrected chi connectivity index (χ1v) is 9.04. The van der Waals surface area contributed by atoms with E-state index in [1.54, 1.807) is 36.7 Å². The Morgan fingerprint density at radius 3 is 2.29 bits per heavy atom. The smallest absolute Gasteiger partial charge is 0.197 e. The number of nitrogens with zero attached hydrogens (tertiary/aromatic N) is 2. The Bertz CT molecular complexity index is 1120. The summed E-state index contributed by atoms with van der Waals surface area (Å²) in [6.45, 7) is 1.63. The maximum atomic E-state index is 13.2. The molecule has 4 nitrogen and oxygen atoms in total.